The third-order valence-corrected chi connectivity index (χ3v) is 2.30. The zero-order valence-corrected chi connectivity index (χ0v) is 13.4. The number of carbonyl (C=O) groups is 2. The maximum atomic E-state index is 10.7. The van der Waals surface area contributed by atoms with E-state index < -0.39 is 17.4 Å². The van der Waals surface area contributed by atoms with Crippen molar-refractivity contribution in [2.45, 2.75) is 13.3 Å². The Bertz CT molecular complexity index is 361. The van der Waals surface area contributed by atoms with Crippen molar-refractivity contribution in [3.63, 3.8) is 0 Å². The molecule has 1 aromatic rings. The molecule has 5 heteroatoms. The van der Waals surface area contributed by atoms with Gasteiger partial charge in [0.25, 0.3) is 0 Å². The molecule has 0 bridgehead atoms. The third kappa shape index (κ3) is 3.64. The van der Waals surface area contributed by atoms with Gasteiger partial charge in [0.15, 0.2) is 0 Å². The van der Waals surface area contributed by atoms with Gasteiger partial charge in [-0.05, 0) is 18.9 Å². The quantitative estimate of drug-likeness (QED) is 0.485. The summed E-state index contributed by atoms with van der Waals surface area (Å²) in [4.78, 5) is 21.5. The molecule has 0 aromatic heterocycles. The molecule has 1 rings (SSSR count). The minimum Gasteiger partial charge on any atom is -0.549 e. The molecule has 0 saturated carbocycles. The number of rotatable bonds is 4. The van der Waals surface area contributed by atoms with Crippen LogP contribution in [0.5, 0.6) is 0 Å². The Morgan fingerprint density at radius 1 is 1.12 bits per heavy atom. The number of aliphatic carboxylic acids is 2. The van der Waals surface area contributed by atoms with Crippen LogP contribution in [0, 0.1) is 5.41 Å². The monoisotopic (exact) mass is 344 g/mol. The van der Waals surface area contributed by atoms with Crippen LogP contribution in [0.25, 0.3) is 0 Å². The summed E-state index contributed by atoms with van der Waals surface area (Å²) >= 11 is 0. The van der Waals surface area contributed by atoms with Crippen LogP contribution in [-0.4, -0.2) is 60.8 Å². The van der Waals surface area contributed by atoms with Crippen LogP contribution < -0.4 is 10.2 Å². The SMILES string of the molecule is CC(Cc1ccccc1)(C(=O)[O-])C(=O)[O-].[Ba+2]. The van der Waals surface area contributed by atoms with Crippen molar-refractivity contribution < 1.29 is 19.8 Å². The minimum absolute atomic E-state index is 0. The van der Waals surface area contributed by atoms with Gasteiger partial charge in [-0.25, -0.2) is 0 Å². The van der Waals surface area contributed by atoms with Crippen molar-refractivity contribution in [1.82, 2.24) is 0 Å². The molecule has 0 N–H and O–H groups in total. The summed E-state index contributed by atoms with van der Waals surface area (Å²) in [7, 11) is 0. The van der Waals surface area contributed by atoms with Gasteiger partial charge >= 0.3 is 48.9 Å². The molecule has 0 amide bonds. The Morgan fingerprint density at radius 3 is 1.94 bits per heavy atom. The van der Waals surface area contributed by atoms with Gasteiger partial charge in [0.05, 0.1) is 17.4 Å². The molecule has 80 valence electrons. The molecule has 16 heavy (non-hydrogen) atoms. The Labute approximate surface area is 134 Å². The summed E-state index contributed by atoms with van der Waals surface area (Å²) in [5.74, 6) is -3.27. The average molecular weight is 344 g/mol. The van der Waals surface area contributed by atoms with Crippen LogP contribution in [0.1, 0.15) is 12.5 Å². The van der Waals surface area contributed by atoms with Crippen LogP contribution in [0.3, 0.4) is 0 Å². The van der Waals surface area contributed by atoms with Crippen molar-refractivity contribution in [3.05, 3.63) is 35.9 Å². The molecule has 0 unspecified atom stereocenters. The molecule has 0 atom stereocenters. The van der Waals surface area contributed by atoms with E-state index >= 15 is 0 Å². The maximum Gasteiger partial charge on any atom is 2.00 e. The molecule has 4 nitrogen and oxygen atoms in total. The van der Waals surface area contributed by atoms with E-state index in [0.29, 0.717) is 5.56 Å². The van der Waals surface area contributed by atoms with Crippen LogP contribution in [0.2, 0.25) is 0 Å². The van der Waals surface area contributed by atoms with Crippen LogP contribution in [-0.2, 0) is 16.0 Å². The van der Waals surface area contributed by atoms with E-state index in [4.69, 9.17) is 0 Å². The number of carboxylic acid groups (broad SMARTS) is 2. The third-order valence-electron chi connectivity index (χ3n) is 2.30. The van der Waals surface area contributed by atoms with Gasteiger partial charge < -0.3 is 19.8 Å². The zero-order chi connectivity index (χ0) is 11.5. The van der Waals surface area contributed by atoms with Crippen molar-refractivity contribution in [1.29, 1.82) is 0 Å². The van der Waals surface area contributed by atoms with Crippen LogP contribution in [0.15, 0.2) is 30.3 Å². The van der Waals surface area contributed by atoms with E-state index in [1.807, 2.05) is 0 Å². The van der Waals surface area contributed by atoms with E-state index in [-0.39, 0.29) is 55.3 Å². The number of hydrogen-bond acceptors (Lipinski definition) is 4. The van der Waals surface area contributed by atoms with E-state index in [0.717, 1.165) is 6.92 Å². The minimum atomic E-state index is -1.98. The molecule has 0 aliphatic rings. The van der Waals surface area contributed by atoms with Crippen molar-refractivity contribution >= 4 is 60.8 Å². The average Bonchev–Trinajstić information content (AvgIpc) is 2.18. The number of carboxylic acids is 2. The summed E-state index contributed by atoms with van der Waals surface area (Å²) < 4.78 is 0. The predicted octanol–water partition coefficient (Wildman–Crippen LogP) is -1.65. The summed E-state index contributed by atoms with van der Waals surface area (Å²) in [6.45, 7) is 1.09. The van der Waals surface area contributed by atoms with Gasteiger partial charge in [-0.1, -0.05) is 30.3 Å². The first-order chi connectivity index (χ1) is 6.97. The molecular formula is C11H10BaO4. The van der Waals surface area contributed by atoms with Gasteiger partial charge in [-0.15, -0.1) is 0 Å². The Morgan fingerprint density at radius 2 is 1.56 bits per heavy atom. The zero-order valence-electron chi connectivity index (χ0n) is 8.93. The summed E-state index contributed by atoms with van der Waals surface area (Å²) in [6, 6.07) is 8.49. The molecular weight excluding hydrogens is 333 g/mol. The fourth-order valence-corrected chi connectivity index (χ4v) is 1.23. The molecule has 0 fully saturated rings. The van der Waals surface area contributed by atoms with E-state index in [1.54, 1.807) is 30.3 Å². The summed E-state index contributed by atoms with van der Waals surface area (Å²) in [6.07, 6.45) is -0.140. The number of benzene rings is 1. The smallest absolute Gasteiger partial charge is 0.549 e. The summed E-state index contributed by atoms with van der Waals surface area (Å²) in [5, 5.41) is 21.5. The second-order valence-electron chi connectivity index (χ2n) is 3.57. The first-order valence-electron chi connectivity index (χ1n) is 4.43. The van der Waals surface area contributed by atoms with E-state index in [1.165, 1.54) is 0 Å². The molecule has 0 heterocycles. The number of carbonyl (C=O) groups excluding carboxylic acids is 2. The molecule has 0 spiro atoms. The van der Waals surface area contributed by atoms with Gasteiger partial charge in [0, 0.05) is 0 Å². The van der Waals surface area contributed by atoms with E-state index in [9.17, 15) is 19.8 Å². The number of hydrogen-bond donors (Lipinski definition) is 0. The van der Waals surface area contributed by atoms with Crippen molar-refractivity contribution in [3.8, 4) is 0 Å². The van der Waals surface area contributed by atoms with Gasteiger partial charge in [0.2, 0.25) is 0 Å². The summed E-state index contributed by atoms with van der Waals surface area (Å²) in [5.41, 5.74) is -1.37. The van der Waals surface area contributed by atoms with Crippen LogP contribution in [0.4, 0.5) is 0 Å². The molecule has 0 radical (unpaired) electrons. The maximum absolute atomic E-state index is 10.7. The Kier molecular flexibility index (Phi) is 6.35. The first-order valence-corrected chi connectivity index (χ1v) is 4.43. The molecule has 0 aliphatic carbocycles. The Hall–Kier alpha value is -0.269. The fraction of sp³-hybridized carbons (Fsp3) is 0.273. The van der Waals surface area contributed by atoms with Crippen LogP contribution >= 0.6 is 0 Å². The van der Waals surface area contributed by atoms with Gasteiger partial charge in [-0.3, -0.25) is 0 Å². The van der Waals surface area contributed by atoms with Crippen molar-refractivity contribution in [2.75, 3.05) is 0 Å². The topological polar surface area (TPSA) is 80.3 Å². The second kappa shape index (κ2) is 6.46. The van der Waals surface area contributed by atoms with E-state index in [2.05, 4.69) is 0 Å². The predicted molar refractivity (Wildman–Crippen MR) is 54.0 cm³/mol. The first kappa shape index (κ1) is 15.7. The normalized spacial score (nSPS) is 10.3. The van der Waals surface area contributed by atoms with Gasteiger partial charge in [0.1, 0.15) is 0 Å². The molecule has 0 saturated heterocycles. The van der Waals surface area contributed by atoms with Crippen molar-refractivity contribution in [2.24, 2.45) is 5.41 Å². The standard InChI is InChI=1S/C11H12O4.Ba/c1-11(9(12)13,10(14)15)7-8-5-3-2-4-6-8;/h2-6H,7H2,1H3,(H,12,13)(H,14,15);/q;+2/p-2. The molecule has 1 aromatic carbocycles. The fourth-order valence-electron chi connectivity index (χ4n) is 1.23. The largest absolute Gasteiger partial charge is 2.00 e. The molecule has 0 aliphatic heterocycles. The van der Waals surface area contributed by atoms with Gasteiger partial charge in [-0.2, -0.15) is 0 Å². The Balaban J connectivity index is 0.00000225. The second-order valence-corrected chi connectivity index (χ2v) is 3.57.